The highest BCUT2D eigenvalue weighted by atomic mass is 16.7. The van der Waals surface area contributed by atoms with Crippen molar-refractivity contribution >= 4 is 12.6 Å². The van der Waals surface area contributed by atoms with Crippen molar-refractivity contribution in [3.8, 4) is 17.5 Å². The summed E-state index contributed by atoms with van der Waals surface area (Å²) in [6.45, 7) is 8.01. The molecule has 0 unspecified atom stereocenters. The summed E-state index contributed by atoms with van der Waals surface area (Å²) in [4.78, 5) is 8.49. The van der Waals surface area contributed by atoms with Gasteiger partial charge in [-0.25, -0.2) is 9.97 Å². The molecule has 0 N–H and O–H groups in total. The maximum Gasteiger partial charge on any atom is 0.494 e. The quantitative estimate of drug-likeness (QED) is 0.796. The van der Waals surface area contributed by atoms with Gasteiger partial charge in [-0.3, -0.25) is 0 Å². The van der Waals surface area contributed by atoms with Gasteiger partial charge in [-0.05, 0) is 51.4 Å². The molecule has 1 aromatic heterocycles. The first-order valence-corrected chi connectivity index (χ1v) is 7.50. The summed E-state index contributed by atoms with van der Waals surface area (Å²) < 4.78 is 12.1. The molecule has 0 aliphatic carbocycles. The van der Waals surface area contributed by atoms with Crippen LogP contribution in [-0.4, -0.2) is 28.3 Å². The zero-order chi connectivity index (χ0) is 16.7. The first-order valence-electron chi connectivity index (χ1n) is 7.50. The van der Waals surface area contributed by atoms with Crippen LogP contribution < -0.4 is 5.46 Å². The molecule has 1 fully saturated rings. The smallest absolute Gasteiger partial charge is 0.399 e. The minimum atomic E-state index is -0.518. The fourth-order valence-corrected chi connectivity index (χ4v) is 2.41. The highest BCUT2D eigenvalue weighted by Gasteiger charge is 2.51. The first-order chi connectivity index (χ1) is 10.8. The van der Waals surface area contributed by atoms with Crippen LogP contribution in [0.25, 0.3) is 11.4 Å². The molecule has 0 radical (unpaired) electrons. The van der Waals surface area contributed by atoms with Gasteiger partial charge in [-0.15, -0.1) is 0 Å². The molecule has 1 aromatic carbocycles. The molecule has 0 amide bonds. The van der Waals surface area contributed by atoms with Crippen molar-refractivity contribution in [2.24, 2.45) is 0 Å². The van der Waals surface area contributed by atoms with Crippen LogP contribution in [0, 0.1) is 11.3 Å². The van der Waals surface area contributed by atoms with Gasteiger partial charge >= 0.3 is 7.12 Å². The predicted octanol–water partition coefficient (Wildman–Crippen LogP) is 2.31. The molecule has 1 saturated heterocycles. The molecule has 3 rings (SSSR count). The Labute approximate surface area is 136 Å². The summed E-state index contributed by atoms with van der Waals surface area (Å²) in [6.07, 6.45) is 3.35. The van der Waals surface area contributed by atoms with E-state index in [0.717, 1.165) is 11.0 Å². The van der Waals surface area contributed by atoms with Gasteiger partial charge in [0.1, 0.15) is 0 Å². The molecule has 0 atom stereocenters. The topological polar surface area (TPSA) is 68.0 Å². The van der Waals surface area contributed by atoms with Gasteiger partial charge in [0.15, 0.2) is 5.82 Å². The second-order valence-electron chi connectivity index (χ2n) is 6.62. The Morgan fingerprint density at radius 1 is 1.00 bits per heavy atom. The van der Waals surface area contributed by atoms with Crippen LogP contribution in [0.5, 0.6) is 0 Å². The number of nitrogens with zero attached hydrogens (tertiary/aromatic N) is 3. The fourth-order valence-electron chi connectivity index (χ4n) is 2.41. The summed E-state index contributed by atoms with van der Waals surface area (Å²) in [6, 6.07) is 9.40. The summed E-state index contributed by atoms with van der Waals surface area (Å²) in [5.74, 6) is 0.572. The van der Waals surface area contributed by atoms with Gasteiger partial charge in [0, 0.05) is 18.0 Å². The van der Waals surface area contributed by atoms with Crippen LogP contribution in [-0.2, 0) is 9.31 Å². The molecule has 0 bridgehead atoms. The zero-order valence-corrected chi connectivity index (χ0v) is 13.7. The van der Waals surface area contributed by atoms with E-state index in [1.165, 1.54) is 0 Å². The van der Waals surface area contributed by atoms with Gasteiger partial charge < -0.3 is 9.31 Å². The highest BCUT2D eigenvalue weighted by molar-refractivity contribution is 6.62. The third-order valence-electron chi connectivity index (χ3n) is 4.43. The summed E-state index contributed by atoms with van der Waals surface area (Å²) in [7, 11) is -0.518. The van der Waals surface area contributed by atoms with Crippen LogP contribution in [0.15, 0.2) is 36.7 Å². The molecule has 2 heterocycles. The Morgan fingerprint density at radius 2 is 1.61 bits per heavy atom. The van der Waals surface area contributed by atoms with Crippen molar-refractivity contribution in [2.75, 3.05) is 0 Å². The van der Waals surface area contributed by atoms with Crippen LogP contribution in [0.3, 0.4) is 0 Å². The minimum Gasteiger partial charge on any atom is -0.399 e. The van der Waals surface area contributed by atoms with Crippen LogP contribution >= 0.6 is 0 Å². The fraction of sp³-hybridized carbons (Fsp3) is 0.353. The van der Waals surface area contributed by atoms with Crippen molar-refractivity contribution in [1.82, 2.24) is 9.97 Å². The van der Waals surface area contributed by atoms with E-state index in [2.05, 4.69) is 16.0 Å². The number of nitriles is 1. The molecule has 2 aromatic rings. The van der Waals surface area contributed by atoms with E-state index in [1.54, 1.807) is 30.6 Å². The standard InChI is InChI=1S/C17H18BN3O2/c1-16(2)17(3,4)23-18(22-16)14-9-12(11-19)8-13(10-14)15-20-6-5-7-21-15/h5-10H,1-4H3. The minimum absolute atomic E-state index is 0.427. The van der Waals surface area contributed by atoms with E-state index in [-0.39, 0.29) is 0 Å². The summed E-state index contributed by atoms with van der Waals surface area (Å²) in [5.41, 5.74) is 1.24. The van der Waals surface area contributed by atoms with E-state index in [9.17, 15) is 5.26 Å². The maximum absolute atomic E-state index is 9.31. The Hall–Kier alpha value is -2.23. The Bertz CT molecular complexity index is 753. The zero-order valence-electron chi connectivity index (χ0n) is 13.7. The average Bonchev–Trinajstić information content (AvgIpc) is 2.76. The van der Waals surface area contributed by atoms with Crippen LogP contribution in [0.2, 0.25) is 0 Å². The van der Waals surface area contributed by atoms with Crippen molar-refractivity contribution in [1.29, 1.82) is 5.26 Å². The number of rotatable bonds is 2. The van der Waals surface area contributed by atoms with Crippen molar-refractivity contribution < 1.29 is 9.31 Å². The molecule has 6 heteroatoms. The third-order valence-corrected chi connectivity index (χ3v) is 4.43. The normalized spacial score (nSPS) is 18.7. The molecular weight excluding hydrogens is 289 g/mol. The SMILES string of the molecule is CC1(C)OB(c2cc(C#N)cc(-c3ncccn3)c2)OC1(C)C. The van der Waals surface area contributed by atoms with Crippen LogP contribution in [0.4, 0.5) is 0 Å². The van der Waals surface area contributed by atoms with Crippen LogP contribution in [0.1, 0.15) is 33.3 Å². The second-order valence-corrected chi connectivity index (χ2v) is 6.62. The maximum atomic E-state index is 9.31. The molecule has 116 valence electrons. The Morgan fingerprint density at radius 3 is 2.17 bits per heavy atom. The first kappa shape index (κ1) is 15.7. The lowest BCUT2D eigenvalue weighted by molar-refractivity contribution is 0.00578. The van der Waals surface area contributed by atoms with E-state index in [1.807, 2.05) is 33.8 Å². The average molecular weight is 307 g/mol. The number of aromatic nitrogens is 2. The molecule has 0 saturated carbocycles. The number of benzene rings is 1. The van der Waals surface area contributed by atoms with Crippen molar-refractivity contribution in [3.63, 3.8) is 0 Å². The lowest BCUT2D eigenvalue weighted by Gasteiger charge is -2.32. The van der Waals surface area contributed by atoms with Gasteiger partial charge in [0.2, 0.25) is 0 Å². The Balaban J connectivity index is 2.03. The van der Waals surface area contributed by atoms with Crippen molar-refractivity contribution in [3.05, 3.63) is 42.2 Å². The number of hydrogen-bond donors (Lipinski definition) is 0. The Kier molecular flexibility index (Phi) is 3.71. The lowest BCUT2D eigenvalue weighted by Crippen LogP contribution is -2.41. The number of hydrogen-bond acceptors (Lipinski definition) is 5. The second kappa shape index (κ2) is 5.45. The monoisotopic (exact) mass is 307 g/mol. The van der Waals surface area contributed by atoms with Gasteiger partial charge in [-0.1, -0.05) is 6.07 Å². The molecule has 5 nitrogen and oxygen atoms in total. The summed E-state index contributed by atoms with van der Waals surface area (Å²) in [5, 5.41) is 9.31. The summed E-state index contributed by atoms with van der Waals surface area (Å²) >= 11 is 0. The van der Waals surface area contributed by atoms with E-state index < -0.39 is 18.3 Å². The predicted molar refractivity (Wildman–Crippen MR) is 87.9 cm³/mol. The molecule has 23 heavy (non-hydrogen) atoms. The molecule has 0 spiro atoms. The lowest BCUT2D eigenvalue weighted by atomic mass is 9.77. The molecule has 1 aliphatic rings. The highest BCUT2D eigenvalue weighted by Crippen LogP contribution is 2.36. The van der Waals surface area contributed by atoms with Gasteiger partial charge in [0.25, 0.3) is 0 Å². The largest absolute Gasteiger partial charge is 0.494 e. The van der Waals surface area contributed by atoms with E-state index >= 15 is 0 Å². The molecule has 1 aliphatic heterocycles. The van der Waals surface area contributed by atoms with E-state index in [0.29, 0.717) is 11.4 Å². The van der Waals surface area contributed by atoms with E-state index in [4.69, 9.17) is 9.31 Å². The third kappa shape index (κ3) is 2.86. The molecular formula is C17H18BN3O2. The van der Waals surface area contributed by atoms with Crippen molar-refractivity contribution in [2.45, 2.75) is 38.9 Å². The van der Waals surface area contributed by atoms with Gasteiger partial charge in [-0.2, -0.15) is 5.26 Å². The van der Waals surface area contributed by atoms with Gasteiger partial charge in [0.05, 0.1) is 22.8 Å².